The SMILES string of the molecule is CCCCCCCCCN(CCC)CC1CCCCN1. The fraction of sp³-hybridized carbons (Fsp3) is 1.00. The first kappa shape index (κ1) is 18.0. The van der Waals surface area contributed by atoms with Crippen molar-refractivity contribution in [2.24, 2.45) is 0 Å². The molecule has 1 rings (SSSR count). The molecule has 20 heavy (non-hydrogen) atoms. The van der Waals surface area contributed by atoms with E-state index in [9.17, 15) is 0 Å². The van der Waals surface area contributed by atoms with Crippen LogP contribution in [0.3, 0.4) is 0 Å². The molecular formula is C18H38N2. The van der Waals surface area contributed by atoms with Crippen molar-refractivity contribution in [3.63, 3.8) is 0 Å². The predicted octanol–water partition coefficient (Wildman–Crippen LogP) is 4.59. The topological polar surface area (TPSA) is 15.3 Å². The maximum atomic E-state index is 3.69. The molecule has 1 fully saturated rings. The lowest BCUT2D eigenvalue weighted by Gasteiger charge is -2.30. The number of unbranched alkanes of at least 4 members (excludes halogenated alkanes) is 6. The van der Waals surface area contributed by atoms with E-state index in [1.165, 1.54) is 96.8 Å². The second-order valence-electron chi connectivity index (χ2n) is 6.57. The van der Waals surface area contributed by atoms with Crippen LogP contribution >= 0.6 is 0 Å². The summed E-state index contributed by atoms with van der Waals surface area (Å²) >= 11 is 0. The van der Waals surface area contributed by atoms with Gasteiger partial charge in [0.15, 0.2) is 0 Å². The number of rotatable bonds is 12. The van der Waals surface area contributed by atoms with Crippen LogP contribution in [0.25, 0.3) is 0 Å². The maximum Gasteiger partial charge on any atom is 0.0195 e. The molecule has 2 nitrogen and oxygen atoms in total. The lowest BCUT2D eigenvalue weighted by atomic mass is 10.0. The van der Waals surface area contributed by atoms with Crippen LogP contribution < -0.4 is 5.32 Å². The summed E-state index contributed by atoms with van der Waals surface area (Å²) in [6.07, 6.45) is 15.4. The van der Waals surface area contributed by atoms with Crippen molar-refractivity contribution in [3.05, 3.63) is 0 Å². The molecule has 2 heteroatoms. The summed E-state index contributed by atoms with van der Waals surface area (Å²) in [6.45, 7) is 9.73. The second-order valence-corrected chi connectivity index (χ2v) is 6.57. The number of hydrogen-bond donors (Lipinski definition) is 1. The van der Waals surface area contributed by atoms with Crippen LogP contribution in [0.5, 0.6) is 0 Å². The van der Waals surface area contributed by atoms with Gasteiger partial charge in [-0.25, -0.2) is 0 Å². The predicted molar refractivity (Wildman–Crippen MR) is 90.4 cm³/mol. The summed E-state index contributed by atoms with van der Waals surface area (Å²) in [5.74, 6) is 0. The van der Waals surface area contributed by atoms with Gasteiger partial charge in [-0.1, -0.05) is 58.8 Å². The Hall–Kier alpha value is -0.0800. The zero-order valence-corrected chi connectivity index (χ0v) is 14.1. The highest BCUT2D eigenvalue weighted by molar-refractivity contribution is 4.76. The molecule has 1 saturated heterocycles. The molecule has 0 spiro atoms. The largest absolute Gasteiger partial charge is 0.313 e. The van der Waals surface area contributed by atoms with Crippen LogP contribution in [-0.4, -0.2) is 37.1 Å². The van der Waals surface area contributed by atoms with E-state index in [4.69, 9.17) is 0 Å². The fourth-order valence-electron chi connectivity index (χ4n) is 3.29. The van der Waals surface area contributed by atoms with E-state index < -0.39 is 0 Å². The van der Waals surface area contributed by atoms with Crippen molar-refractivity contribution in [3.8, 4) is 0 Å². The van der Waals surface area contributed by atoms with E-state index in [1.807, 2.05) is 0 Å². The Labute approximate surface area is 127 Å². The molecule has 0 aromatic carbocycles. The molecule has 0 bridgehead atoms. The third-order valence-corrected chi connectivity index (χ3v) is 4.51. The molecule has 0 saturated carbocycles. The van der Waals surface area contributed by atoms with E-state index in [0.717, 1.165) is 6.04 Å². The van der Waals surface area contributed by atoms with Crippen molar-refractivity contribution in [1.82, 2.24) is 10.2 Å². The Balaban J connectivity index is 2.05. The zero-order chi connectivity index (χ0) is 14.5. The average molecular weight is 283 g/mol. The highest BCUT2D eigenvalue weighted by Crippen LogP contribution is 2.11. The van der Waals surface area contributed by atoms with Crippen LogP contribution in [0, 0.1) is 0 Å². The Morgan fingerprint density at radius 2 is 1.60 bits per heavy atom. The van der Waals surface area contributed by atoms with Gasteiger partial charge in [0.05, 0.1) is 0 Å². The van der Waals surface area contributed by atoms with Gasteiger partial charge in [-0.2, -0.15) is 0 Å². The lowest BCUT2D eigenvalue weighted by molar-refractivity contribution is 0.220. The molecular weight excluding hydrogens is 244 g/mol. The molecule has 0 aromatic heterocycles. The van der Waals surface area contributed by atoms with Gasteiger partial charge in [-0.15, -0.1) is 0 Å². The molecule has 1 aliphatic heterocycles. The first-order valence-electron chi connectivity index (χ1n) is 9.32. The van der Waals surface area contributed by atoms with Gasteiger partial charge in [0.1, 0.15) is 0 Å². The van der Waals surface area contributed by atoms with Crippen molar-refractivity contribution < 1.29 is 0 Å². The second kappa shape index (κ2) is 12.6. The maximum absolute atomic E-state index is 3.69. The summed E-state index contributed by atoms with van der Waals surface area (Å²) in [7, 11) is 0. The monoisotopic (exact) mass is 282 g/mol. The van der Waals surface area contributed by atoms with E-state index in [-0.39, 0.29) is 0 Å². The highest BCUT2D eigenvalue weighted by Gasteiger charge is 2.15. The standard InChI is InChI=1S/C18H38N2/c1-3-5-6-7-8-9-12-16-20(15-4-2)17-18-13-10-11-14-19-18/h18-19H,3-17H2,1-2H3. The molecule has 1 aliphatic rings. The van der Waals surface area contributed by atoms with E-state index in [0.29, 0.717) is 0 Å². The Morgan fingerprint density at radius 1 is 0.850 bits per heavy atom. The van der Waals surface area contributed by atoms with Crippen LogP contribution in [0.2, 0.25) is 0 Å². The summed E-state index contributed by atoms with van der Waals surface area (Å²) in [5, 5.41) is 3.69. The Bertz CT molecular complexity index is 200. The summed E-state index contributed by atoms with van der Waals surface area (Å²) in [4.78, 5) is 2.70. The number of nitrogens with zero attached hydrogens (tertiary/aromatic N) is 1. The minimum atomic E-state index is 0.764. The normalized spacial score (nSPS) is 19.6. The molecule has 120 valence electrons. The molecule has 1 unspecified atom stereocenters. The average Bonchev–Trinajstić information content (AvgIpc) is 2.47. The number of nitrogens with one attached hydrogen (secondary N) is 1. The Morgan fingerprint density at radius 3 is 2.25 bits per heavy atom. The first-order valence-corrected chi connectivity index (χ1v) is 9.32. The number of piperidine rings is 1. The molecule has 0 radical (unpaired) electrons. The summed E-state index contributed by atoms with van der Waals surface area (Å²) in [6, 6.07) is 0.764. The lowest BCUT2D eigenvalue weighted by Crippen LogP contribution is -2.44. The van der Waals surface area contributed by atoms with Crippen molar-refractivity contribution >= 4 is 0 Å². The summed E-state index contributed by atoms with van der Waals surface area (Å²) < 4.78 is 0. The van der Waals surface area contributed by atoms with Gasteiger partial charge in [-0.3, -0.25) is 0 Å². The highest BCUT2D eigenvalue weighted by atomic mass is 15.1. The molecule has 0 amide bonds. The van der Waals surface area contributed by atoms with Gasteiger partial charge in [-0.05, 0) is 45.3 Å². The minimum absolute atomic E-state index is 0.764. The summed E-state index contributed by atoms with van der Waals surface area (Å²) in [5.41, 5.74) is 0. The van der Waals surface area contributed by atoms with E-state index in [1.54, 1.807) is 0 Å². The van der Waals surface area contributed by atoms with Crippen LogP contribution in [0.1, 0.15) is 84.5 Å². The van der Waals surface area contributed by atoms with Crippen molar-refractivity contribution in [2.75, 3.05) is 26.2 Å². The molecule has 1 heterocycles. The van der Waals surface area contributed by atoms with Gasteiger partial charge in [0.2, 0.25) is 0 Å². The Kier molecular flexibility index (Phi) is 11.4. The zero-order valence-electron chi connectivity index (χ0n) is 14.1. The number of hydrogen-bond acceptors (Lipinski definition) is 2. The van der Waals surface area contributed by atoms with Gasteiger partial charge >= 0.3 is 0 Å². The van der Waals surface area contributed by atoms with Gasteiger partial charge < -0.3 is 10.2 Å². The fourth-order valence-corrected chi connectivity index (χ4v) is 3.29. The molecule has 1 atom stereocenters. The first-order chi connectivity index (χ1) is 9.86. The van der Waals surface area contributed by atoms with Gasteiger partial charge in [0, 0.05) is 12.6 Å². The van der Waals surface area contributed by atoms with Gasteiger partial charge in [0.25, 0.3) is 0 Å². The van der Waals surface area contributed by atoms with E-state index >= 15 is 0 Å². The smallest absolute Gasteiger partial charge is 0.0195 e. The molecule has 1 N–H and O–H groups in total. The third kappa shape index (κ3) is 8.97. The van der Waals surface area contributed by atoms with Crippen LogP contribution in [-0.2, 0) is 0 Å². The van der Waals surface area contributed by atoms with Crippen molar-refractivity contribution in [1.29, 1.82) is 0 Å². The van der Waals surface area contributed by atoms with Crippen LogP contribution in [0.15, 0.2) is 0 Å². The third-order valence-electron chi connectivity index (χ3n) is 4.51. The van der Waals surface area contributed by atoms with Crippen molar-refractivity contribution in [2.45, 2.75) is 90.5 Å². The molecule has 0 aromatic rings. The quantitative estimate of drug-likeness (QED) is 0.527. The minimum Gasteiger partial charge on any atom is -0.313 e. The molecule has 0 aliphatic carbocycles. The van der Waals surface area contributed by atoms with Crippen LogP contribution in [0.4, 0.5) is 0 Å². The van der Waals surface area contributed by atoms with E-state index in [2.05, 4.69) is 24.1 Å².